The van der Waals surface area contributed by atoms with Crippen LogP contribution in [0.2, 0.25) is 5.02 Å². The summed E-state index contributed by atoms with van der Waals surface area (Å²) in [6.07, 6.45) is 0.731. The largest absolute Gasteiger partial charge is 0.489 e. The molecule has 156 valence electrons. The molecule has 2 aromatic carbocycles. The molecule has 0 saturated carbocycles. The van der Waals surface area contributed by atoms with Gasteiger partial charge in [0.15, 0.2) is 11.5 Å². The minimum absolute atomic E-state index is 0.179. The minimum atomic E-state index is -3.55. The highest BCUT2D eigenvalue weighted by Crippen LogP contribution is 2.38. The van der Waals surface area contributed by atoms with E-state index in [0.717, 1.165) is 6.42 Å². The maximum Gasteiger partial charge on any atom is 0.255 e. The number of carbonyl (C=O) groups excluding carboxylic acids is 1. The SMILES string of the molecule is CCN(CC)S(=O)(=O)c1ccc(NC(=O)c2cc(Cl)c3c(c2)OCCCO3)cc1. The van der Waals surface area contributed by atoms with Crippen molar-refractivity contribution in [2.24, 2.45) is 0 Å². The molecule has 2 aromatic rings. The molecule has 29 heavy (non-hydrogen) atoms. The molecular weight excluding hydrogens is 416 g/mol. The zero-order valence-electron chi connectivity index (χ0n) is 16.3. The van der Waals surface area contributed by atoms with E-state index in [1.54, 1.807) is 32.0 Å². The minimum Gasteiger partial charge on any atom is -0.489 e. The van der Waals surface area contributed by atoms with Crippen molar-refractivity contribution >= 4 is 33.2 Å². The maximum atomic E-state index is 12.6. The van der Waals surface area contributed by atoms with Crippen LogP contribution in [-0.2, 0) is 10.0 Å². The molecule has 0 unspecified atom stereocenters. The second-order valence-corrected chi connectivity index (χ2v) is 8.75. The van der Waals surface area contributed by atoms with Crippen molar-refractivity contribution in [3.8, 4) is 11.5 Å². The van der Waals surface area contributed by atoms with Gasteiger partial charge in [-0.25, -0.2) is 8.42 Å². The lowest BCUT2D eigenvalue weighted by Crippen LogP contribution is -2.30. The van der Waals surface area contributed by atoms with Gasteiger partial charge in [0.2, 0.25) is 10.0 Å². The van der Waals surface area contributed by atoms with E-state index in [2.05, 4.69) is 5.32 Å². The smallest absolute Gasteiger partial charge is 0.255 e. The number of amides is 1. The van der Waals surface area contributed by atoms with Crippen LogP contribution < -0.4 is 14.8 Å². The van der Waals surface area contributed by atoms with Gasteiger partial charge in [0.05, 0.1) is 23.1 Å². The van der Waals surface area contributed by atoms with Gasteiger partial charge >= 0.3 is 0 Å². The molecular formula is C20H23ClN2O5S. The van der Waals surface area contributed by atoms with Crippen molar-refractivity contribution in [1.29, 1.82) is 0 Å². The number of fused-ring (bicyclic) bond motifs is 1. The Morgan fingerprint density at radius 2 is 1.76 bits per heavy atom. The summed E-state index contributed by atoms with van der Waals surface area (Å²) < 4.78 is 37.6. The first-order chi connectivity index (χ1) is 13.9. The number of nitrogens with one attached hydrogen (secondary N) is 1. The maximum absolute atomic E-state index is 12.6. The normalized spacial score (nSPS) is 13.8. The van der Waals surface area contributed by atoms with Crippen molar-refractivity contribution < 1.29 is 22.7 Å². The van der Waals surface area contributed by atoms with Crippen LogP contribution in [0.3, 0.4) is 0 Å². The molecule has 0 fully saturated rings. The molecule has 0 aromatic heterocycles. The summed E-state index contributed by atoms with van der Waals surface area (Å²) >= 11 is 6.24. The van der Waals surface area contributed by atoms with Gasteiger partial charge in [0.25, 0.3) is 5.91 Å². The predicted octanol–water partition coefficient (Wildman–Crippen LogP) is 3.78. The second-order valence-electron chi connectivity index (χ2n) is 6.40. The highest BCUT2D eigenvalue weighted by Gasteiger charge is 2.22. The van der Waals surface area contributed by atoms with Crippen molar-refractivity contribution in [1.82, 2.24) is 4.31 Å². The highest BCUT2D eigenvalue weighted by molar-refractivity contribution is 7.89. The van der Waals surface area contributed by atoms with E-state index in [1.165, 1.54) is 22.5 Å². The van der Waals surface area contributed by atoms with Crippen LogP contribution in [0, 0.1) is 0 Å². The van der Waals surface area contributed by atoms with Gasteiger partial charge in [-0.05, 0) is 36.4 Å². The molecule has 1 heterocycles. The number of carbonyl (C=O) groups is 1. The average Bonchev–Trinajstić information content (AvgIpc) is 2.95. The van der Waals surface area contributed by atoms with Gasteiger partial charge in [0, 0.05) is 30.8 Å². The molecule has 0 spiro atoms. The zero-order valence-corrected chi connectivity index (χ0v) is 17.8. The van der Waals surface area contributed by atoms with Crippen molar-refractivity contribution in [2.45, 2.75) is 25.2 Å². The number of anilines is 1. The van der Waals surface area contributed by atoms with Gasteiger partial charge in [-0.3, -0.25) is 4.79 Å². The third-order valence-corrected chi connectivity index (χ3v) is 6.86. The van der Waals surface area contributed by atoms with Crippen molar-refractivity contribution in [2.75, 3.05) is 31.6 Å². The molecule has 1 amide bonds. The fourth-order valence-corrected chi connectivity index (χ4v) is 4.71. The Kier molecular flexibility index (Phi) is 6.66. The highest BCUT2D eigenvalue weighted by atomic mass is 35.5. The summed E-state index contributed by atoms with van der Waals surface area (Å²) in [5.74, 6) is 0.481. The molecule has 0 bridgehead atoms. The first-order valence-electron chi connectivity index (χ1n) is 9.37. The molecule has 0 aliphatic carbocycles. The van der Waals surface area contributed by atoms with Gasteiger partial charge in [-0.15, -0.1) is 0 Å². The molecule has 1 aliphatic rings. The predicted molar refractivity (Wildman–Crippen MR) is 112 cm³/mol. The molecule has 1 N–H and O–H groups in total. The second kappa shape index (κ2) is 9.02. The molecule has 7 nitrogen and oxygen atoms in total. The lowest BCUT2D eigenvalue weighted by molar-refractivity contribution is 0.102. The Morgan fingerprint density at radius 3 is 2.41 bits per heavy atom. The number of nitrogens with zero attached hydrogens (tertiary/aromatic N) is 1. The van der Waals surface area contributed by atoms with Gasteiger partial charge < -0.3 is 14.8 Å². The number of halogens is 1. The Labute approximate surface area is 175 Å². The molecule has 0 radical (unpaired) electrons. The standard InChI is InChI=1S/C20H23ClN2O5S/c1-3-23(4-2)29(25,26)16-8-6-15(7-9-16)22-20(24)14-12-17(21)19-18(13-14)27-10-5-11-28-19/h6-9,12-13H,3-5,10-11H2,1-2H3,(H,22,24). The number of ether oxygens (including phenoxy) is 2. The van der Waals surface area contributed by atoms with E-state index in [0.29, 0.717) is 54.1 Å². The van der Waals surface area contributed by atoms with Crippen LogP contribution in [-0.4, -0.2) is 44.9 Å². The van der Waals surface area contributed by atoms with Crippen LogP contribution >= 0.6 is 11.6 Å². The lowest BCUT2D eigenvalue weighted by atomic mass is 10.1. The quantitative estimate of drug-likeness (QED) is 0.741. The fraction of sp³-hybridized carbons (Fsp3) is 0.350. The average molecular weight is 439 g/mol. The van der Waals surface area contributed by atoms with E-state index < -0.39 is 10.0 Å². The summed E-state index contributed by atoms with van der Waals surface area (Å²) in [5.41, 5.74) is 0.788. The topological polar surface area (TPSA) is 84.9 Å². The van der Waals surface area contributed by atoms with Gasteiger partial charge in [-0.2, -0.15) is 4.31 Å². The summed E-state index contributed by atoms with van der Waals surface area (Å²) in [7, 11) is -3.55. The first kappa shape index (κ1) is 21.4. The van der Waals surface area contributed by atoms with E-state index in [1.807, 2.05) is 0 Å². The number of hydrogen-bond acceptors (Lipinski definition) is 5. The van der Waals surface area contributed by atoms with Crippen LogP contribution in [0.4, 0.5) is 5.69 Å². The summed E-state index contributed by atoms with van der Waals surface area (Å²) in [5, 5.41) is 3.04. The summed E-state index contributed by atoms with van der Waals surface area (Å²) in [4.78, 5) is 12.8. The number of rotatable bonds is 6. The van der Waals surface area contributed by atoms with Gasteiger partial charge in [0.1, 0.15) is 0 Å². The Balaban J connectivity index is 1.78. The molecule has 1 aliphatic heterocycles. The number of hydrogen-bond donors (Lipinski definition) is 1. The van der Waals surface area contributed by atoms with Crippen LogP contribution in [0.1, 0.15) is 30.6 Å². The van der Waals surface area contributed by atoms with E-state index in [9.17, 15) is 13.2 Å². The van der Waals surface area contributed by atoms with E-state index >= 15 is 0 Å². The Bertz CT molecular complexity index is 989. The zero-order chi connectivity index (χ0) is 21.0. The monoisotopic (exact) mass is 438 g/mol. The molecule has 0 saturated heterocycles. The van der Waals surface area contributed by atoms with E-state index in [-0.39, 0.29) is 10.8 Å². The number of sulfonamides is 1. The van der Waals surface area contributed by atoms with Crippen LogP contribution in [0.25, 0.3) is 0 Å². The van der Waals surface area contributed by atoms with Gasteiger partial charge in [-0.1, -0.05) is 25.4 Å². The summed E-state index contributed by atoms with van der Waals surface area (Å²) in [6, 6.07) is 9.16. The first-order valence-corrected chi connectivity index (χ1v) is 11.2. The molecule has 3 rings (SSSR count). The Hall–Kier alpha value is -2.29. The van der Waals surface area contributed by atoms with E-state index in [4.69, 9.17) is 21.1 Å². The fourth-order valence-electron chi connectivity index (χ4n) is 2.99. The molecule has 9 heteroatoms. The molecule has 0 atom stereocenters. The van der Waals surface area contributed by atoms with Crippen LogP contribution in [0.15, 0.2) is 41.3 Å². The van der Waals surface area contributed by atoms with Crippen molar-refractivity contribution in [3.63, 3.8) is 0 Å². The Morgan fingerprint density at radius 1 is 1.10 bits per heavy atom. The summed E-state index contributed by atoms with van der Waals surface area (Å²) in [6.45, 7) is 5.34. The van der Waals surface area contributed by atoms with Crippen LogP contribution in [0.5, 0.6) is 11.5 Å². The van der Waals surface area contributed by atoms with Crippen molar-refractivity contribution in [3.05, 3.63) is 47.0 Å². The number of benzene rings is 2. The third kappa shape index (κ3) is 4.66. The lowest BCUT2D eigenvalue weighted by Gasteiger charge is -2.18. The third-order valence-electron chi connectivity index (χ3n) is 4.52.